The first kappa shape index (κ1) is 10.1. The molecule has 1 heterocycles. The molecule has 1 N–H and O–H groups in total. The normalized spacial score (nSPS) is 15.0. The van der Waals surface area contributed by atoms with Crippen molar-refractivity contribution < 1.29 is 9.90 Å². The largest absolute Gasteiger partial charge is 0.395 e. The predicted octanol–water partition coefficient (Wildman–Crippen LogP) is 0.678. The van der Waals surface area contributed by atoms with E-state index in [1.165, 1.54) is 0 Å². The number of carbonyl (C=O) groups is 1. The molecule has 1 aliphatic carbocycles. The number of nitrogens with zero attached hydrogens (tertiary/aromatic N) is 2. The molecular formula is C11H14N2O2. The molecule has 0 unspecified atom stereocenters. The summed E-state index contributed by atoms with van der Waals surface area (Å²) in [5.41, 5.74) is 0.644. The average Bonchev–Trinajstić information content (AvgIpc) is 3.10. The number of rotatable bonds is 4. The van der Waals surface area contributed by atoms with Crippen LogP contribution in [0.25, 0.3) is 0 Å². The number of aliphatic hydroxyl groups is 1. The summed E-state index contributed by atoms with van der Waals surface area (Å²) in [6.07, 6.45) is 5.32. The number of hydrogen-bond donors (Lipinski definition) is 1. The summed E-state index contributed by atoms with van der Waals surface area (Å²) in [7, 11) is 0. The molecule has 0 bridgehead atoms. The summed E-state index contributed by atoms with van der Waals surface area (Å²) in [5, 5.41) is 8.90. The van der Waals surface area contributed by atoms with Crippen molar-refractivity contribution in [2.24, 2.45) is 0 Å². The Morgan fingerprint density at radius 3 is 2.67 bits per heavy atom. The van der Waals surface area contributed by atoms with Crippen LogP contribution in [0.3, 0.4) is 0 Å². The van der Waals surface area contributed by atoms with E-state index in [1.807, 2.05) is 0 Å². The van der Waals surface area contributed by atoms with Crippen molar-refractivity contribution in [1.82, 2.24) is 9.88 Å². The van der Waals surface area contributed by atoms with E-state index in [0.29, 0.717) is 18.2 Å². The first-order valence-electron chi connectivity index (χ1n) is 5.15. The van der Waals surface area contributed by atoms with Gasteiger partial charge in [0.05, 0.1) is 6.61 Å². The molecule has 80 valence electrons. The highest BCUT2D eigenvalue weighted by Crippen LogP contribution is 2.27. The van der Waals surface area contributed by atoms with E-state index < -0.39 is 0 Å². The molecule has 0 aliphatic heterocycles. The maximum atomic E-state index is 12.0. The molecule has 1 aliphatic rings. The maximum Gasteiger partial charge on any atom is 0.254 e. The zero-order chi connectivity index (χ0) is 10.7. The standard InChI is InChI=1S/C11H14N2O2/c14-8-7-13(10-1-2-10)11(15)9-3-5-12-6-4-9/h3-6,10,14H,1-2,7-8H2. The molecule has 1 aromatic rings. The van der Waals surface area contributed by atoms with Crippen LogP contribution in [0.4, 0.5) is 0 Å². The molecule has 1 saturated carbocycles. The predicted molar refractivity (Wildman–Crippen MR) is 55.4 cm³/mol. The third kappa shape index (κ3) is 2.33. The summed E-state index contributed by atoms with van der Waals surface area (Å²) in [6.45, 7) is 0.444. The summed E-state index contributed by atoms with van der Waals surface area (Å²) < 4.78 is 0. The monoisotopic (exact) mass is 206 g/mol. The SMILES string of the molecule is O=C(c1ccncc1)N(CCO)C1CC1. The van der Waals surface area contributed by atoms with Gasteiger partial charge in [-0.25, -0.2) is 0 Å². The number of pyridine rings is 1. The van der Waals surface area contributed by atoms with Crippen LogP contribution in [0, 0.1) is 0 Å². The first-order chi connectivity index (χ1) is 7.33. The Balaban J connectivity index is 2.10. The molecule has 4 heteroatoms. The minimum Gasteiger partial charge on any atom is -0.395 e. The Labute approximate surface area is 88.6 Å². The molecule has 2 rings (SSSR count). The average molecular weight is 206 g/mol. The Morgan fingerprint density at radius 2 is 2.13 bits per heavy atom. The fraction of sp³-hybridized carbons (Fsp3) is 0.455. The van der Waals surface area contributed by atoms with Crippen LogP contribution in [0.2, 0.25) is 0 Å². The second-order valence-corrected chi connectivity index (χ2v) is 3.69. The molecule has 1 aromatic heterocycles. The fourth-order valence-corrected chi connectivity index (χ4v) is 1.60. The quantitative estimate of drug-likeness (QED) is 0.788. The number of amides is 1. The van der Waals surface area contributed by atoms with Gasteiger partial charge in [0.2, 0.25) is 0 Å². The van der Waals surface area contributed by atoms with Gasteiger partial charge in [-0.15, -0.1) is 0 Å². The summed E-state index contributed by atoms with van der Waals surface area (Å²) in [6, 6.07) is 3.74. The third-order valence-electron chi connectivity index (χ3n) is 2.52. The number of aliphatic hydroxyl groups excluding tert-OH is 1. The van der Waals surface area contributed by atoms with Gasteiger partial charge in [-0.3, -0.25) is 9.78 Å². The Morgan fingerprint density at radius 1 is 1.47 bits per heavy atom. The van der Waals surface area contributed by atoms with Gasteiger partial charge >= 0.3 is 0 Å². The van der Waals surface area contributed by atoms with Crippen molar-refractivity contribution >= 4 is 5.91 Å². The fourth-order valence-electron chi connectivity index (χ4n) is 1.60. The lowest BCUT2D eigenvalue weighted by atomic mass is 10.2. The van der Waals surface area contributed by atoms with Crippen molar-refractivity contribution in [2.45, 2.75) is 18.9 Å². The second kappa shape index (κ2) is 4.40. The summed E-state index contributed by atoms with van der Waals surface area (Å²) in [4.78, 5) is 17.6. The van der Waals surface area contributed by atoms with Gasteiger partial charge in [0.1, 0.15) is 0 Å². The molecule has 1 amide bonds. The second-order valence-electron chi connectivity index (χ2n) is 3.69. The van der Waals surface area contributed by atoms with Gasteiger partial charge < -0.3 is 10.0 Å². The van der Waals surface area contributed by atoms with Crippen LogP contribution >= 0.6 is 0 Å². The molecule has 0 saturated heterocycles. The van der Waals surface area contributed by atoms with Crippen LogP contribution < -0.4 is 0 Å². The van der Waals surface area contributed by atoms with E-state index in [-0.39, 0.29) is 12.5 Å². The van der Waals surface area contributed by atoms with E-state index in [0.717, 1.165) is 12.8 Å². The van der Waals surface area contributed by atoms with Gasteiger partial charge in [0.25, 0.3) is 5.91 Å². The van der Waals surface area contributed by atoms with Crippen molar-refractivity contribution in [3.8, 4) is 0 Å². The van der Waals surface area contributed by atoms with E-state index in [2.05, 4.69) is 4.98 Å². The lowest BCUT2D eigenvalue weighted by Gasteiger charge is -2.21. The molecular weight excluding hydrogens is 192 g/mol. The van der Waals surface area contributed by atoms with E-state index in [9.17, 15) is 4.79 Å². The van der Waals surface area contributed by atoms with Crippen molar-refractivity contribution in [2.75, 3.05) is 13.2 Å². The minimum atomic E-state index is -0.00560. The van der Waals surface area contributed by atoms with E-state index in [4.69, 9.17) is 5.11 Å². The highest BCUT2D eigenvalue weighted by molar-refractivity contribution is 5.94. The summed E-state index contributed by atoms with van der Waals surface area (Å²) >= 11 is 0. The molecule has 0 spiro atoms. The summed E-state index contributed by atoms with van der Waals surface area (Å²) in [5.74, 6) is -0.00560. The van der Waals surface area contributed by atoms with E-state index >= 15 is 0 Å². The van der Waals surface area contributed by atoms with Crippen LogP contribution in [0.15, 0.2) is 24.5 Å². The molecule has 0 atom stereocenters. The van der Waals surface area contributed by atoms with Crippen molar-refractivity contribution in [3.05, 3.63) is 30.1 Å². The van der Waals surface area contributed by atoms with Gasteiger partial charge in [-0.1, -0.05) is 0 Å². The highest BCUT2D eigenvalue weighted by atomic mass is 16.3. The van der Waals surface area contributed by atoms with Crippen molar-refractivity contribution in [3.63, 3.8) is 0 Å². The van der Waals surface area contributed by atoms with Crippen LogP contribution in [0.5, 0.6) is 0 Å². The van der Waals surface area contributed by atoms with Gasteiger partial charge in [-0.05, 0) is 25.0 Å². The van der Waals surface area contributed by atoms with Crippen LogP contribution in [-0.4, -0.2) is 40.1 Å². The van der Waals surface area contributed by atoms with Crippen LogP contribution in [0.1, 0.15) is 23.2 Å². The van der Waals surface area contributed by atoms with E-state index in [1.54, 1.807) is 29.4 Å². The van der Waals surface area contributed by atoms with Crippen LogP contribution in [-0.2, 0) is 0 Å². The first-order valence-corrected chi connectivity index (χ1v) is 5.15. The Bertz CT molecular complexity index is 336. The van der Waals surface area contributed by atoms with Gasteiger partial charge in [-0.2, -0.15) is 0 Å². The molecule has 0 aromatic carbocycles. The number of carbonyl (C=O) groups excluding carboxylic acids is 1. The lowest BCUT2D eigenvalue weighted by molar-refractivity contribution is 0.0707. The van der Waals surface area contributed by atoms with Gasteiger partial charge in [0, 0.05) is 30.5 Å². The molecule has 15 heavy (non-hydrogen) atoms. The molecule has 1 fully saturated rings. The highest BCUT2D eigenvalue weighted by Gasteiger charge is 2.32. The lowest BCUT2D eigenvalue weighted by Crippen LogP contribution is -2.35. The zero-order valence-corrected chi connectivity index (χ0v) is 8.47. The third-order valence-corrected chi connectivity index (χ3v) is 2.52. The molecule has 4 nitrogen and oxygen atoms in total. The topological polar surface area (TPSA) is 53.4 Å². The molecule has 0 radical (unpaired) electrons. The number of aromatic nitrogens is 1. The maximum absolute atomic E-state index is 12.0. The Hall–Kier alpha value is -1.42. The Kier molecular flexibility index (Phi) is 2.97. The smallest absolute Gasteiger partial charge is 0.254 e. The van der Waals surface area contributed by atoms with Gasteiger partial charge in [0.15, 0.2) is 0 Å². The number of hydrogen-bond acceptors (Lipinski definition) is 3. The van der Waals surface area contributed by atoms with Crippen molar-refractivity contribution in [1.29, 1.82) is 0 Å². The minimum absolute atomic E-state index is 0.00560. The zero-order valence-electron chi connectivity index (χ0n) is 8.47.